The predicted octanol–water partition coefficient (Wildman–Crippen LogP) is 2.76. The molecule has 0 saturated heterocycles. The number of benzene rings is 1. The van der Waals surface area contributed by atoms with Crippen LogP contribution in [0.5, 0.6) is 0 Å². The van der Waals surface area contributed by atoms with E-state index in [-0.39, 0.29) is 24.0 Å². The smallest absolute Gasteiger partial charge is 0.224 e. The summed E-state index contributed by atoms with van der Waals surface area (Å²) < 4.78 is 0. The topological polar surface area (TPSA) is 53.2 Å². The van der Waals surface area contributed by atoms with Gasteiger partial charge in [-0.3, -0.25) is 4.79 Å². The first-order valence-corrected chi connectivity index (χ1v) is 8.26. The Morgan fingerprint density at radius 1 is 1.26 bits per heavy atom. The average Bonchev–Trinajstić information content (AvgIpc) is 3.40. The van der Waals surface area contributed by atoms with Gasteiger partial charge in [0.1, 0.15) is 6.17 Å². The molecule has 1 amide bonds. The Balaban J connectivity index is 1.50. The number of hydrogen-bond acceptors (Lipinski definition) is 3. The first-order valence-electron chi connectivity index (χ1n) is 7.89. The molecular formula is C18H18ClN3O. The lowest BCUT2D eigenvalue weighted by Crippen LogP contribution is -2.45. The van der Waals surface area contributed by atoms with Crippen LogP contribution < -0.4 is 16.0 Å². The highest BCUT2D eigenvalue weighted by Crippen LogP contribution is 2.31. The van der Waals surface area contributed by atoms with Crippen molar-refractivity contribution in [1.82, 2.24) is 16.0 Å². The highest BCUT2D eigenvalue weighted by Gasteiger charge is 2.31. The number of dihydropyridines is 1. The lowest BCUT2D eigenvalue weighted by atomic mass is 9.97. The molecule has 1 aliphatic carbocycles. The molecule has 2 heterocycles. The average molecular weight is 328 g/mol. The van der Waals surface area contributed by atoms with E-state index in [0.29, 0.717) is 0 Å². The summed E-state index contributed by atoms with van der Waals surface area (Å²) in [5.74, 6) is 0.350. The van der Waals surface area contributed by atoms with Crippen molar-refractivity contribution < 1.29 is 4.79 Å². The largest absolute Gasteiger partial charge is 0.373 e. The monoisotopic (exact) mass is 327 g/mol. The van der Waals surface area contributed by atoms with Gasteiger partial charge in [-0.25, -0.2) is 0 Å². The number of fused-ring (bicyclic) bond motifs is 1. The lowest BCUT2D eigenvalue weighted by molar-refractivity contribution is -0.122. The zero-order chi connectivity index (χ0) is 15.8. The molecule has 1 fully saturated rings. The van der Waals surface area contributed by atoms with E-state index >= 15 is 0 Å². The molecule has 1 aromatic rings. The molecule has 5 heteroatoms. The lowest BCUT2D eigenvalue weighted by Gasteiger charge is -2.30. The summed E-state index contributed by atoms with van der Waals surface area (Å²) in [6.07, 6.45) is 9.99. The summed E-state index contributed by atoms with van der Waals surface area (Å²) in [5.41, 5.74) is 3.14. The van der Waals surface area contributed by atoms with Crippen molar-refractivity contribution in [2.45, 2.75) is 25.0 Å². The number of nitrogens with one attached hydrogen (secondary N) is 3. The second kappa shape index (κ2) is 5.78. The van der Waals surface area contributed by atoms with Gasteiger partial charge in [-0.05, 0) is 36.1 Å². The van der Waals surface area contributed by atoms with Crippen LogP contribution in [0.1, 0.15) is 24.4 Å². The van der Waals surface area contributed by atoms with Gasteiger partial charge in [0.15, 0.2) is 0 Å². The van der Waals surface area contributed by atoms with Gasteiger partial charge < -0.3 is 16.0 Å². The van der Waals surface area contributed by atoms with Crippen molar-refractivity contribution in [3.63, 3.8) is 0 Å². The van der Waals surface area contributed by atoms with E-state index in [0.717, 1.165) is 34.7 Å². The standard InChI is InChI=1S/C18H18ClN3O/c19-14-4-2-1-3-13(14)15-8-7-12-9-17(20-10-16(12)21-15)22-18(23)11-5-6-11/h1-4,7-11,15,17,20-21H,5-6H2,(H,22,23). The van der Waals surface area contributed by atoms with Gasteiger partial charge >= 0.3 is 0 Å². The van der Waals surface area contributed by atoms with Crippen molar-refractivity contribution >= 4 is 17.5 Å². The van der Waals surface area contributed by atoms with Crippen LogP contribution in [0.2, 0.25) is 5.02 Å². The summed E-state index contributed by atoms with van der Waals surface area (Å²) in [7, 11) is 0. The number of rotatable bonds is 3. The molecule has 0 spiro atoms. The molecule has 118 valence electrons. The summed E-state index contributed by atoms with van der Waals surface area (Å²) in [4.78, 5) is 11.9. The molecule has 2 unspecified atom stereocenters. The molecule has 0 radical (unpaired) electrons. The van der Waals surface area contributed by atoms with E-state index in [1.165, 1.54) is 0 Å². The molecule has 2 aliphatic heterocycles. The van der Waals surface area contributed by atoms with Crippen LogP contribution in [-0.4, -0.2) is 12.1 Å². The Labute approximate surface area is 140 Å². The Kier molecular flexibility index (Phi) is 3.62. The van der Waals surface area contributed by atoms with Crippen LogP contribution in [0.25, 0.3) is 0 Å². The van der Waals surface area contributed by atoms with Gasteiger partial charge in [-0.15, -0.1) is 0 Å². The van der Waals surface area contributed by atoms with Gasteiger partial charge in [0, 0.05) is 17.1 Å². The number of amides is 1. The molecule has 4 nitrogen and oxygen atoms in total. The normalized spacial score (nSPS) is 25.4. The molecule has 1 aromatic carbocycles. The molecule has 3 N–H and O–H groups in total. The Morgan fingerprint density at radius 2 is 2.09 bits per heavy atom. The van der Waals surface area contributed by atoms with Gasteiger partial charge in [-0.2, -0.15) is 0 Å². The van der Waals surface area contributed by atoms with Crippen LogP contribution in [0, 0.1) is 5.92 Å². The number of halogens is 1. The quantitative estimate of drug-likeness (QED) is 0.800. The maximum Gasteiger partial charge on any atom is 0.224 e. The van der Waals surface area contributed by atoms with Crippen molar-refractivity contribution in [2.75, 3.05) is 0 Å². The fraction of sp³-hybridized carbons (Fsp3) is 0.278. The minimum Gasteiger partial charge on any atom is -0.373 e. The Hall–Kier alpha value is -2.20. The van der Waals surface area contributed by atoms with Gasteiger partial charge in [0.05, 0.1) is 11.7 Å². The fourth-order valence-corrected chi connectivity index (χ4v) is 3.12. The van der Waals surface area contributed by atoms with E-state index < -0.39 is 0 Å². The van der Waals surface area contributed by atoms with Gasteiger partial charge in [0.25, 0.3) is 0 Å². The second-order valence-electron chi connectivity index (χ2n) is 6.11. The van der Waals surface area contributed by atoms with Crippen LogP contribution in [-0.2, 0) is 4.79 Å². The minimum absolute atomic E-state index is 0.0477. The zero-order valence-electron chi connectivity index (χ0n) is 12.6. The van der Waals surface area contributed by atoms with E-state index in [1.54, 1.807) is 0 Å². The van der Waals surface area contributed by atoms with Crippen molar-refractivity contribution in [3.05, 3.63) is 70.5 Å². The molecule has 3 aliphatic rings. The summed E-state index contributed by atoms with van der Waals surface area (Å²) in [6.45, 7) is 0. The number of carbonyl (C=O) groups is 1. The highest BCUT2D eigenvalue weighted by atomic mass is 35.5. The third-order valence-electron chi connectivity index (χ3n) is 4.33. The van der Waals surface area contributed by atoms with Gasteiger partial charge in [-0.1, -0.05) is 42.0 Å². The SMILES string of the molecule is O=C(NC1C=C2C=CC(c3ccccc3Cl)NC2=CN1)C1CC1. The highest BCUT2D eigenvalue weighted by molar-refractivity contribution is 6.31. The van der Waals surface area contributed by atoms with E-state index in [9.17, 15) is 4.79 Å². The molecular weight excluding hydrogens is 310 g/mol. The zero-order valence-corrected chi connectivity index (χ0v) is 13.3. The van der Waals surface area contributed by atoms with Crippen LogP contribution in [0.4, 0.5) is 0 Å². The van der Waals surface area contributed by atoms with Crippen molar-refractivity contribution in [1.29, 1.82) is 0 Å². The summed E-state index contributed by atoms with van der Waals surface area (Å²) in [5, 5.41) is 10.4. The van der Waals surface area contributed by atoms with Crippen LogP contribution >= 0.6 is 11.6 Å². The summed E-state index contributed by atoms with van der Waals surface area (Å²) in [6, 6.07) is 7.88. The predicted molar refractivity (Wildman–Crippen MR) is 90.4 cm³/mol. The Morgan fingerprint density at radius 3 is 2.87 bits per heavy atom. The molecule has 0 bridgehead atoms. The van der Waals surface area contributed by atoms with Crippen molar-refractivity contribution in [2.24, 2.45) is 5.92 Å². The molecule has 0 aromatic heterocycles. The molecule has 4 rings (SSSR count). The first-order chi connectivity index (χ1) is 11.2. The van der Waals surface area contributed by atoms with Crippen LogP contribution in [0.15, 0.2) is 60.0 Å². The Bertz CT molecular complexity index is 734. The molecule has 1 saturated carbocycles. The van der Waals surface area contributed by atoms with E-state index in [1.807, 2.05) is 36.5 Å². The number of allylic oxidation sites excluding steroid dienone is 1. The fourth-order valence-electron chi connectivity index (χ4n) is 2.87. The number of hydrogen-bond donors (Lipinski definition) is 3. The summed E-state index contributed by atoms with van der Waals surface area (Å²) >= 11 is 6.28. The molecule has 23 heavy (non-hydrogen) atoms. The van der Waals surface area contributed by atoms with E-state index in [2.05, 4.69) is 28.1 Å². The number of carbonyl (C=O) groups excluding carboxylic acids is 1. The first kappa shape index (κ1) is 14.4. The molecule has 2 atom stereocenters. The van der Waals surface area contributed by atoms with Crippen LogP contribution in [0.3, 0.4) is 0 Å². The second-order valence-corrected chi connectivity index (χ2v) is 6.52. The maximum absolute atomic E-state index is 11.9. The maximum atomic E-state index is 11.9. The van der Waals surface area contributed by atoms with Gasteiger partial charge in [0.2, 0.25) is 5.91 Å². The third kappa shape index (κ3) is 2.99. The minimum atomic E-state index is -0.148. The van der Waals surface area contributed by atoms with E-state index in [4.69, 9.17) is 11.6 Å². The third-order valence-corrected chi connectivity index (χ3v) is 4.67. The van der Waals surface area contributed by atoms with Crippen molar-refractivity contribution in [3.8, 4) is 0 Å².